The van der Waals surface area contributed by atoms with E-state index >= 15 is 0 Å². The fraction of sp³-hybridized carbons (Fsp3) is 0.450. The molecule has 4 rings (SSSR count). The standard InChI is InChI=1S/C20H23BrN2OS/c21-19-10-9-18(25-19)15-5-7-16(8-6-15)20(24)23-13-3-4-17(23)14-22-11-1-2-12-22/h5-10,17H,1-4,11-14H2. The molecule has 0 spiro atoms. The number of carbonyl (C=O) groups is 1. The zero-order valence-corrected chi connectivity index (χ0v) is 16.7. The summed E-state index contributed by atoms with van der Waals surface area (Å²) in [5.74, 6) is 0.195. The lowest BCUT2D eigenvalue weighted by atomic mass is 10.1. The molecule has 1 aromatic heterocycles. The first-order valence-electron chi connectivity index (χ1n) is 9.10. The maximum atomic E-state index is 13.0. The highest BCUT2D eigenvalue weighted by Crippen LogP contribution is 2.31. The second kappa shape index (κ2) is 7.60. The summed E-state index contributed by atoms with van der Waals surface area (Å²) >= 11 is 5.22. The smallest absolute Gasteiger partial charge is 0.254 e. The van der Waals surface area contributed by atoms with Gasteiger partial charge >= 0.3 is 0 Å². The Morgan fingerprint density at radius 2 is 1.80 bits per heavy atom. The minimum Gasteiger partial charge on any atom is -0.334 e. The van der Waals surface area contributed by atoms with Gasteiger partial charge in [-0.25, -0.2) is 0 Å². The molecule has 2 fully saturated rings. The van der Waals surface area contributed by atoms with Crippen LogP contribution in [0.5, 0.6) is 0 Å². The van der Waals surface area contributed by atoms with Crippen molar-refractivity contribution in [1.82, 2.24) is 9.80 Å². The van der Waals surface area contributed by atoms with Crippen LogP contribution in [0, 0.1) is 0 Å². The molecule has 2 aliphatic rings. The third kappa shape index (κ3) is 3.83. The fourth-order valence-corrected chi connectivity index (χ4v) is 5.36. The molecule has 2 aliphatic heterocycles. The largest absolute Gasteiger partial charge is 0.334 e. The van der Waals surface area contributed by atoms with E-state index in [1.807, 2.05) is 12.1 Å². The molecular weight excluding hydrogens is 396 g/mol. The maximum Gasteiger partial charge on any atom is 0.254 e. The minimum absolute atomic E-state index is 0.195. The van der Waals surface area contributed by atoms with Gasteiger partial charge in [-0.3, -0.25) is 4.79 Å². The van der Waals surface area contributed by atoms with Crippen LogP contribution in [0.15, 0.2) is 40.2 Å². The molecule has 1 atom stereocenters. The molecule has 1 aromatic carbocycles. The average Bonchev–Trinajstić information content (AvgIpc) is 3.37. The van der Waals surface area contributed by atoms with Gasteiger partial charge < -0.3 is 9.80 Å². The van der Waals surface area contributed by atoms with Crippen molar-refractivity contribution in [2.75, 3.05) is 26.2 Å². The summed E-state index contributed by atoms with van der Waals surface area (Å²) in [6.07, 6.45) is 4.89. The number of benzene rings is 1. The Morgan fingerprint density at radius 3 is 2.48 bits per heavy atom. The fourth-order valence-electron chi connectivity index (χ4n) is 3.97. The van der Waals surface area contributed by atoms with Crippen LogP contribution in [-0.2, 0) is 0 Å². The van der Waals surface area contributed by atoms with E-state index in [2.05, 4.69) is 50.0 Å². The molecule has 1 unspecified atom stereocenters. The van der Waals surface area contributed by atoms with Crippen molar-refractivity contribution in [3.8, 4) is 10.4 Å². The van der Waals surface area contributed by atoms with E-state index in [4.69, 9.17) is 0 Å². The average molecular weight is 419 g/mol. The van der Waals surface area contributed by atoms with Crippen LogP contribution in [-0.4, -0.2) is 47.9 Å². The summed E-state index contributed by atoms with van der Waals surface area (Å²) < 4.78 is 1.13. The van der Waals surface area contributed by atoms with Crippen LogP contribution in [0.25, 0.3) is 10.4 Å². The van der Waals surface area contributed by atoms with E-state index in [1.165, 1.54) is 36.4 Å². The number of hydrogen-bond donors (Lipinski definition) is 0. The lowest BCUT2D eigenvalue weighted by Gasteiger charge is -2.28. The molecule has 3 nitrogen and oxygen atoms in total. The highest BCUT2D eigenvalue weighted by atomic mass is 79.9. The third-order valence-corrected chi connectivity index (χ3v) is 6.97. The number of likely N-dealkylation sites (tertiary alicyclic amines) is 2. The van der Waals surface area contributed by atoms with Gasteiger partial charge in [0.25, 0.3) is 5.91 Å². The van der Waals surface area contributed by atoms with E-state index in [0.717, 1.165) is 35.3 Å². The Hall–Kier alpha value is -1.17. The van der Waals surface area contributed by atoms with Gasteiger partial charge in [-0.05, 0) is 84.5 Å². The van der Waals surface area contributed by atoms with Gasteiger partial charge in [0.05, 0.1) is 3.79 Å². The second-order valence-corrected chi connectivity index (χ2v) is 9.45. The highest BCUT2D eigenvalue weighted by Gasteiger charge is 2.31. The van der Waals surface area contributed by atoms with Crippen molar-refractivity contribution in [2.24, 2.45) is 0 Å². The predicted octanol–water partition coefficient (Wildman–Crippen LogP) is 4.88. The van der Waals surface area contributed by atoms with Crippen molar-refractivity contribution >= 4 is 33.2 Å². The molecule has 0 saturated carbocycles. The molecule has 25 heavy (non-hydrogen) atoms. The first-order chi connectivity index (χ1) is 12.2. The van der Waals surface area contributed by atoms with E-state index in [1.54, 1.807) is 11.3 Å². The highest BCUT2D eigenvalue weighted by molar-refractivity contribution is 9.11. The molecule has 3 heterocycles. The van der Waals surface area contributed by atoms with Crippen LogP contribution in [0.4, 0.5) is 0 Å². The van der Waals surface area contributed by atoms with Gasteiger partial charge in [0, 0.05) is 29.6 Å². The normalized spacial score (nSPS) is 21.2. The van der Waals surface area contributed by atoms with Gasteiger partial charge in [-0.1, -0.05) is 12.1 Å². The number of halogens is 1. The zero-order valence-electron chi connectivity index (χ0n) is 14.3. The number of amides is 1. The molecule has 0 bridgehead atoms. The summed E-state index contributed by atoms with van der Waals surface area (Å²) in [5.41, 5.74) is 1.98. The zero-order chi connectivity index (χ0) is 17.2. The molecule has 5 heteroatoms. The Bertz CT molecular complexity index is 736. The van der Waals surface area contributed by atoms with E-state index in [9.17, 15) is 4.79 Å². The van der Waals surface area contributed by atoms with Crippen LogP contribution in [0.3, 0.4) is 0 Å². The Kier molecular flexibility index (Phi) is 5.25. The lowest BCUT2D eigenvalue weighted by Crippen LogP contribution is -2.42. The summed E-state index contributed by atoms with van der Waals surface area (Å²) in [6.45, 7) is 4.34. The summed E-state index contributed by atoms with van der Waals surface area (Å²) in [6, 6.07) is 12.7. The first-order valence-corrected chi connectivity index (χ1v) is 10.7. The second-order valence-electron chi connectivity index (χ2n) is 6.98. The molecule has 0 aliphatic carbocycles. The topological polar surface area (TPSA) is 23.6 Å². The molecule has 0 radical (unpaired) electrons. The van der Waals surface area contributed by atoms with Gasteiger partial charge in [-0.15, -0.1) is 11.3 Å². The van der Waals surface area contributed by atoms with Crippen LogP contribution in [0.1, 0.15) is 36.0 Å². The summed E-state index contributed by atoms with van der Waals surface area (Å²) in [7, 11) is 0. The molecule has 2 saturated heterocycles. The number of nitrogens with zero attached hydrogens (tertiary/aromatic N) is 2. The number of rotatable bonds is 4. The van der Waals surface area contributed by atoms with Gasteiger partial charge in [0.1, 0.15) is 0 Å². The SMILES string of the molecule is O=C(c1ccc(-c2ccc(Br)s2)cc1)N1CCCC1CN1CCCC1. The first kappa shape index (κ1) is 17.3. The van der Waals surface area contributed by atoms with E-state index in [0.29, 0.717) is 6.04 Å². The number of hydrogen-bond acceptors (Lipinski definition) is 3. The van der Waals surface area contributed by atoms with Crippen LogP contribution < -0.4 is 0 Å². The van der Waals surface area contributed by atoms with Gasteiger partial charge in [0.2, 0.25) is 0 Å². The number of thiophene rings is 1. The van der Waals surface area contributed by atoms with E-state index < -0.39 is 0 Å². The molecule has 0 N–H and O–H groups in total. The third-order valence-electron chi connectivity index (χ3n) is 5.30. The summed E-state index contributed by atoms with van der Waals surface area (Å²) in [5, 5.41) is 0. The van der Waals surface area contributed by atoms with Crippen LogP contribution >= 0.6 is 27.3 Å². The Morgan fingerprint density at radius 1 is 1.04 bits per heavy atom. The van der Waals surface area contributed by atoms with E-state index in [-0.39, 0.29) is 5.91 Å². The van der Waals surface area contributed by atoms with Crippen molar-refractivity contribution in [2.45, 2.75) is 31.7 Å². The van der Waals surface area contributed by atoms with Gasteiger partial charge in [0.15, 0.2) is 0 Å². The molecular formula is C20H23BrN2OS. The molecule has 2 aromatic rings. The Balaban J connectivity index is 1.46. The van der Waals surface area contributed by atoms with Crippen molar-refractivity contribution in [3.05, 3.63) is 45.7 Å². The quantitative estimate of drug-likeness (QED) is 0.706. The minimum atomic E-state index is 0.195. The molecule has 1 amide bonds. The van der Waals surface area contributed by atoms with Crippen LogP contribution in [0.2, 0.25) is 0 Å². The number of carbonyl (C=O) groups excluding carboxylic acids is 1. The van der Waals surface area contributed by atoms with Crippen molar-refractivity contribution < 1.29 is 4.79 Å². The summed E-state index contributed by atoms with van der Waals surface area (Å²) in [4.78, 5) is 18.8. The molecule has 132 valence electrons. The maximum absolute atomic E-state index is 13.0. The predicted molar refractivity (Wildman–Crippen MR) is 107 cm³/mol. The Labute approximate surface area is 161 Å². The lowest BCUT2D eigenvalue weighted by molar-refractivity contribution is 0.0709. The van der Waals surface area contributed by atoms with Gasteiger partial charge in [-0.2, -0.15) is 0 Å². The van der Waals surface area contributed by atoms with Crippen molar-refractivity contribution in [3.63, 3.8) is 0 Å². The monoisotopic (exact) mass is 418 g/mol. The van der Waals surface area contributed by atoms with Crippen molar-refractivity contribution in [1.29, 1.82) is 0 Å².